The molecule has 0 saturated carbocycles. The van der Waals surface area contributed by atoms with Crippen LogP contribution in [0, 0.1) is 12.8 Å². The van der Waals surface area contributed by atoms with E-state index in [-0.39, 0.29) is 17.9 Å². The summed E-state index contributed by atoms with van der Waals surface area (Å²) < 4.78 is 12.0. The number of benzene rings is 3. The molecule has 1 unspecified atom stereocenters. The molecule has 3 heterocycles. The van der Waals surface area contributed by atoms with Gasteiger partial charge < -0.3 is 19.3 Å². The Bertz CT molecular complexity index is 1490. The van der Waals surface area contributed by atoms with Crippen LogP contribution in [-0.2, 0) is 9.53 Å². The molecule has 2 fully saturated rings. The molecule has 3 aliphatic heterocycles. The number of carbonyl (C=O) groups is 2. The number of aryl methyl sites for hydroxylation is 1. The first-order valence-electron chi connectivity index (χ1n) is 14.6. The summed E-state index contributed by atoms with van der Waals surface area (Å²) in [4.78, 5) is 32.2. The van der Waals surface area contributed by atoms with E-state index in [2.05, 4.69) is 36.1 Å². The van der Waals surface area contributed by atoms with Crippen LogP contribution in [0.3, 0.4) is 0 Å². The number of halogens is 1. The first-order valence-corrected chi connectivity index (χ1v) is 14.9. The molecule has 0 radical (unpaired) electrons. The van der Waals surface area contributed by atoms with Gasteiger partial charge in [0.1, 0.15) is 11.4 Å². The fourth-order valence-corrected chi connectivity index (χ4v) is 6.42. The Balaban J connectivity index is 1.31. The molecule has 0 N–H and O–H groups in total. The van der Waals surface area contributed by atoms with Crippen molar-refractivity contribution in [3.8, 4) is 16.9 Å². The highest BCUT2D eigenvalue weighted by molar-refractivity contribution is 6.34. The molecule has 6 rings (SSSR count). The molecule has 3 aromatic carbocycles. The molecular formula is C33H38ClN3O4. The molecule has 8 heteroatoms. The largest absolute Gasteiger partial charge is 0.477 e. The standard InChI is InChI=1S/C33H38ClN3O4/c1-21-13-23-9-5-6-10-24(23)25(14-21)26-15-29-28(16-27(26)34)37(31(38)30(40-29)20-35-11-7-8-12-35)19-22-17-36(18-22)32(39)41-33(2,3)4/h5-6,9-10,13-16,22,30H,7-8,11-12,17-20H2,1-4H3. The van der Waals surface area contributed by atoms with E-state index in [0.717, 1.165) is 53.4 Å². The molecule has 7 nitrogen and oxygen atoms in total. The van der Waals surface area contributed by atoms with Gasteiger partial charge in [0.25, 0.3) is 5.91 Å². The first kappa shape index (κ1) is 27.9. The molecule has 0 bridgehead atoms. The summed E-state index contributed by atoms with van der Waals surface area (Å²) in [7, 11) is 0. The summed E-state index contributed by atoms with van der Waals surface area (Å²) in [5.74, 6) is 0.760. The van der Waals surface area contributed by atoms with E-state index in [1.165, 1.54) is 0 Å². The summed E-state index contributed by atoms with van der Waals surface area (Å²) >= 11 is 6.97. The number of nitrogens with zero attached hydrogens (tertiary/aromatic N) is 3. The van der Waals surface area contributed by atoms with E-state index in [9.17, 15) is 9.59 Å². The highest BCUT2D eigenvalue weighted by atomic mass is 35.5. The molecule has 2 amide bonds. The van der Waals surface area contributed by atoms with Gasteiger partial charge in [-0.15, -0.1) is 0 Å². The minimum absolute atomic E-state index is 0.0510. The van der Waals surface area contributed by atoms with Gasteiger partial charge >= 0.3 is 6.09 Å². The van der Waals surface area contributed by atoms with E-state index >= 15 is 0 Å². The van der Waals surface area contributed by atoms with Gasteiger partial charge in [0.15, 0.2) is 6.10 Å². The van der Waals surface area contributed by atoms with Crippen LogP contribution in [0.1, 0.15) is 39.2 Å². The van der Waals surface area contributed by atoms with Gasteiger partial charge in [0.05, 0.1) is 10.7 Å². The van der Waals surface area contributed by atoms with Crippen LogP contribution in [0.25, 0.3) is 21.9 Å². The van der Waals surface area contributed by atoms with Crippen molar-refractivity contribution in [3.05, 3.63) is 59.1 Å². The number of carbonyl (C=O) groups excluding carboxylic acids is 2. The van der Waals surface area contributed by atoms with E-state index in [1.54, 1.807) is 4.90 Å². The van der Waals surface area contributed by atoms with Crippen molar-refractivity contribution in [2.45, 2.75) is 52.2 Å². The number of ether oxygens (including phenoxy) is 2. The maximum absolute atomic E-state index is 13.9. The minimum Gasteiger partial charge on any atom is -0.477 e. The Kier molecular flexibility index (Phi) is 7.37. The summed E-state index contributed by atoms with van der Waals surface area (Å²) in [6.07, 6.45) is 1.38. The monoisotopic (exact) mass is 575 g/mol. The first-order chi connectivity index (χ1) is 19.6. The van der Waals surface area contributed by atoms with E-state index in [4.69, 9.17) is 21.1 Å². The zero-order valence-electron chi connectivity index (χ0n) is 24.3. The molecule has 0 spiro atoms. The Labute approximate surface area is 246 Å². The number of hydrogen-bond donors (Lipinski definition) is 0. The number of amides is 2. The van der Waals surface area contributed by atoms with Crippen molar-refractivity contribution >= 4 is 40.1 Å². The maximum atomic E-state index is 13.9. The number of anilines is 1. The van der Waals surface area contributed by atoms with E-state index < -0.39 is 11.7 Å². The van der Waals surface area contributed by atoms with Crippen molar-refractivity contribution in [2.75, 3.05) is 44.2 Å². The molecular weight excluding hydrogens is 538 g/mol. The predicted molar refractivity (Wildman–Crippen MR) is 163 cm³/mol. The number of fused-ring (bicyclic) bond motifs is 2. The van der Waals surface area contributed by atoms with Gasteiger partial charge in [0.2, 0.25) is 0 Å². The van der Waals surface area contributed by atoms with Gasteiger partial charge in [0, 0.05) is 37.7 Å². The molecule has 1 atom stereocenters. The lowest BCUT2D eigenvalue weighted by atomic mass is 9.94. The average molecular weight is 576 g/mol. The number of rotatable bonds is 5. The van der Waals surface area contributed by atoms with Gasteiger partial charge in [-0.05, 0) is 87.7 Å². The zero-order chi connectivity index (χ0) is 28.9. The fourth-order valence-electron chi connectivity index (χ4n) is 6.16. The van der Waals surface area contributed by atoms with Crippen molar-refractivity contribution in [1.29, 1.82) is 0 Å². The van der Waals surface area contributed by atoms with Gasteiger partial charge in [-0.25, -0.2) is 4.79 Å². The summed E-state index contributed by atoms with van der Waals surface area (Å²) in [5.41, 5.74) is 3.23. The highest BCUT2D eigenvalue weighted by Gasteiger charge is 2.41. The molecule has 3 aliphatic rings. The minimum atomic E-state index is -0.592. The lowest BCUT2D eigenvalue weighted by molar-refractivity contribution is -0.127. The topological polar surface area (TPSA) is 62.3 Å². The molecule has 41 heavy (non-hydrogen) atoms. The highest BCUT2D eigenvalue weighted by Crippen LogP contribution is 2.44. The molecule has 0 aliphatic carbocycles. The van der Waals surface area contributed by atoms with Gasteiger partial charge in [-0.3, -0.25) is 9.69 Å². The third-order valence-corrected chi connectivity index (χ3v) is 8.43. The van der Waals surface area contributed by atoms with Crippen LogP contribution in [-0.4, -0.2) is 72.8 Å². The Morgan fingerprint density at radius 3 is 2.49 bits per heavy atom. The SMILES string of the molecule is Cc1cc(-c2cc3c(cc2Cl)N(CC2CN(C(=O)OC(C)(C)C)C2)C(=O)C(CN2CCCC2)O3)c2ccccc2c1. The van der Waals surface area contributed by atoms with Crippen LogP contribution in [0.2, 0.25) is 5.02 Å². The van der Waals surface area contributed by atoms with Crippen LogP contribution in [0.15, 0.2) is 48.5 Å². The second-order valence-corrected chi connectivity index (χ2v) is 13.1. The molecule has 3 aromatic rings. The van der Waals surface area contributed by atoms with Gasteiger partial charge in [-0.1, -0.05) is 48.0 Å². The smallest absolute Gasteiger partial charge is 0.410 e. The molecule has 216 valence electrons. The third-order valence-electron chi connectivity index (χ3n) is 8.12. The van der Waals surface area contributed by atoms with Gasteiger partial charge in [-0.2, -0.15) is 0 Å². The second-order valence-electron chi connectivity index (χ2n) is 12.6. The second kappa shape index (κ2) is 10.8. The van der Waals surface area contributed by atoms with Crippen molar-refractivity contribution < 1.29 is 19.1 Å². The molecule has 2 saturated heterocycles. The van der Waals surface area contributed by atoms with Crippen molar-refractivity contribution in [1.82, 2.24) is 9.80 Å². The van der Waals surface area contributed by atoms with E-state index in [1.807, 2.05) is 49.9 Å². The maximum Gasteiger partial charge on any atom is 0.410 e. The lowest BCUT2D eigenvalue weighted by Gasteiger charge is -2.44. The van der Waals surface area contributed by atoms with Crippen LogP contribution < -0.4 is 9.64 Å². The van der Waals surface area contributed by atoms with Crippen LogP contribution in [0.5, 0.6) is 5.75 Å². The fraction of sp³-hybridized carbons (Fsp3) is 0.455. The zero-order valence-corrected chi connectivity index (χ0v) is 25.0. The lowest BCUT2D eigenvalue weighted by Crippen LogP contribution is -2.58. The van der Waals surface area contributed by atoms with Crippen LogP contribution >= 0.6 is 11.6 Å². The van der Waals surface area contributed by atoms with Crippen molar-refractivity contribution in [2.24, 2.45) is 5.92 Å². The summed E-state index contributed by atoms with van der Waals surface area (Å²) in [6.45, 7) is 11.8. The predicted octanol–water partition coefficient (Wildman–Crippen LogP) is 6.53. The Morgan fingerprint density at radius 1 is 1.02 bits per heavy atom. The Morgan fingerprint density at radius 2 is 1.76 bits per heavy atom. The molecule has 0 aromatic heterocycles. The van der Waals surface area contributed by atoms with E-state index in [0.29, 0.717) is 42.6 Å². The summed E-state index contributed by atoms with van der Waals surface area (Å²) in [6, 6.07) is 16.5. The quantitative estimate of drug-likeness (QED) is 0.346. The number of likely N-dealkylation sites (tertiary alicyclic amines) is 2. The normalized spacial score (nSPS) is 19.7. The van der Waals surface area contributed by atoms with Crippen molar-refractivity contribution in [3.63, 3.8) is 0 Å². The number of hydrogen-bond acceptors (Lipinski definition) is 5. The average Bonchev–Trinajstić information content (AvgIpc) is 3.39. The summed E-state index contributed by atoms with van der Waals surface area (Å²) in [5, 5.41) is 2.84. The third kappa shape index (κ3) is 5.75. The van der Waals surface area contributed by atoms with Crippen LogP contribution in [0.4, 0.5) is 10.5 Å². The Hall–Kier alpha value is -3.29.